The average molecular weight is 543 g/mol. The highest BCUT2D eigenvalue weighted by Crippen LogP contribution is 2.53. The smallest absolute Gasteiger partial charge is 0.0460 e. The molecule has 42 heavy (non-hydrogen) atoms. The summed E-state index contributed by atoms with van der Waals surface area (Å²) in [5.41, 5.74) is 10.1. The highest BCUT2D eigenvalue weighted by atomic mass is 15.2. The number of nitrogens with one attached hydrogen (secondary N) is 1. The molecule has 2 nitrogen and oxygen atoms in total. The van der Waals surface area contributed by atoms with E-state index >= 15 is 0 Å². The third kappa shape index (κ3) is 5.20. The zero-order valence-electron chi connectivity index (χ0n) is 23.6. The van der Waals surface area contributed by atoms with Crippen LogP contribution in [0.3, 0.4) is 0 Å². The van der Waals surface area contributed by atoms with Gasteiger partial charge in [0.2, 0.25) is 0 Å². The standard InChI is InChI=1S/C40H34N2/c1-5-15-30(16-6-1)29-38-40(31-17-7-2-8-18-31)39(32-25-27-34(28-26-32)41-33-19-9-3-10-20-33)36-23-13-14-24-37(36)42(38)35-21-11-4-12-22-35/h1-28,38-41H,29H2/t38-,39+,40-/m0/s1. The SMILES string of the molecule is c1ccc(C[C@H]2[C@H](c3ccccc3)[C@H](c3ccc(Nc4ccccc4)cc3)c3ccccc3N2c2ccccc2)cc1. The minimum Gasteiger partial charge on any atom is -0.356 e. The molecule has 3 atom stereocenters. The molecular formula is C40H34N2. The Morgan fingerprint density at radius 2 is 1.02 bits per heavy atom. The summed E-state index contributed by atoms with van der Waals surface area (Å²) < 4.78 is 0. The van der Waals surface area contributed by atoms with Crippen molar-refractivity contribution in [2.45, 2.75) is 24.3 Å². The van der Waals surface area contributed by atoms with Gasteiger partial charge in [-0.05, 0) is 71.1 Å². The maximum atomic E-state index is 3.56. The number of hydrogen-bond acceptors (Lipinski definition) is 2. The van der Waals surface area contributed by atoms with Gasteiger partial charge in [-0.15, -0.1) is 0 Å². The molecule has 0 radical (unpaired) electrons. The average Bonchev–Trinajstić information content (AvgIpc) is 3.06. The maximum absolute atomic E-state index is 3.56. The van der Waals surface area contributed by atoms with Crippen LogP contribution in [-0.4, -0.2) is 6.04 Å². The Morgan fingerprint density at radius 3 is 1.71 bits per heavy atom. The summed E-state index contributed by atoms with van der Waals surface area (Å²) in [7, 11) is 0. The Labute approximate surface area is 248 Å². The first-order chi connectivity index (χ1) is 20.8. The van der Waals surface area contributed by atoms with E-state index in [2.05, 4.69) is 174 Å². The van der Waals surface area contributed by atoms with Crippen molar-refractivity contribution < 1.29 is 0 Å². The second-order valence-corrected chi connectivity index (χ2v) is 11.0. The number of para-hydroxylation sites is 3. The molecule has 6 aromatic carbocycles. The van der Waals surface area contributed by atoms with Crippen LogP contribution in [0.1, 0.15) is 34.1 Å². The molecule has 0 aliphatic carbocycles. The molecule has 0 unspecified atom stereocenters. The molecule has 1 heterocycles. The molecule has 0 saturated carbocycles. The van der Waals surface area contributed by atoms with Crippen molar-refractivity contribution >= 4 is 22.7 Å². The van der Waals surface area contributed by atoms with Gasteiger partial charge in [-0.2, -0.15) is 0 Å². The van der Waals surface area contributed by atoms with E-state index in [1.165, 1.54) is 33.6 Å². The van der Waals surface area contributed by atoms with Crippen LogP contribution in [0.15, 0.2) is 170 Å². The van der Waals surface area contributed by atoms with E-state index in [-0.39, 0.29) is 17.9 Å². The molecule has 204 valence electrons. The number of rotatable bonds is 7. The zero-order chi connectivity index (χ0) is 28.1. The van der Waals surface area contributed by atoms with Gasteiger partial charge in [0.25, 0.3) is 0 Å². The fourth-order valence-corrected chi connectivity index (χ4v) is 6.66. The highest BCUT2D eigenvalue weighted by Gasteiger charge is 2.43. The predicted octanol–water partition coefficient (Wildman–Crippen LogP) is 10.1. The highest BCUT2D eigenvalue weighted by molar-refractivity contribution is 5.73. The monoisotopic (exact) mass is 542 g/mol. The molecule has 0 fully saturated rings. The first-order valence-corrected chi connectivity index (χ1v) is 14.8. The minimum atomic E-state index is 0.197. The van der Waals surface area contributed by atoms with Gasteiger partial charge >= 0.3 is 0 Å². The Balaban J connectivity index is 1.39. The van der Waals surface area contributed by atoms with Gasteiger partial charge in [0.15, 0.2) is 0 Å². The summed E-state index contributed by atoms with van der Waals surface area (Å²) in [5.74, 6) is 0.428. The third-order valence-corrected chi connectivity index (χ3v) is 8.48. The van der Waals surface area contributed by atoms with Crippen molar-refractivity contribution in [3.63, 3.8) is 0 Å². The van der Waals surface area contributed by atoms with Crippen LogP contribution in [0.2, 0.25) is 0 Å². The molecule has 0 amide bonds. The van der Waals surface area contributed by atoms with Crippen LogP contribution in [-0.2, 0) is 6.42 Å². The fourth-order valence-electron chi connectivity index (χ4n) is 6.66. The molecular weight excluding hydrogens is 508 g/mol. The molecule has 6 aromatic rings. The van der Waals surface area contributed by atoms with Crippen molar-refractivity contribution in [3.05, 3.63) is 192 Å². The van der Waals surface area contributed by atoms with Crippen LogP contribution >= 0.6 is 0 Å². The summed E-state index contributed by atoms with van der Waals surface area (Å²) in [5, 5.41) is 3.56. The van der Waals surface area contributed by atoms with E-state index in [9.17, 15) is 0 Å². The third-order valence-electron chi connectivity index (χ3n) is 8.48. The van der Waals surface area contributed by atoms with Crippen molar-refractivity contribution in [1.82, 2.24) is 0 Å². The van der Waals surface area contributed by atoms with Crippen molar-refractivity contribution in [1.29, 1.82) is 0 Å². The van der Waals surface area contributed by atoms with Gasteiger partial charge in [-0.25, -0.2) is 0 Å². The largest absolute Gasteiger partial charge is 0.356 e. The lowest BCUT2D eigenvalue weighted by atomic mass is 9.68. The van der Waals surface area contributed by atoms with Gasteiger partial charge in [0.1, 0.15) is 0 Å². The lowest BCUT2D eigenvalue weighted by Gasteiger charge is -2.48. The van der Waals surface area contributed by atoms with Gasteiger partial charge in [-0.1, -0.05) is 127 Å². The van der Waals surface area contributed by atoms with Gasteiger partial charge < -0.3 is 10.2 Å². The molecule has 1 aliphatic heterocycles. The Bertz CT molecular complexity index is 1720. The van der Waals surface area contributed by atoms with E-state index in [0.717, 1.165) is 17.8 Å². The van der Waals surface area contributed by atoms with Crippen molar-refractivity contribution in [2.75, 3.05) is 10.2 Å². The lowest BCUT2D eigenvalue weighted by Crippen LogP contribution is -2.45. The van der Waals surface area contributed by atoms with E-state index < -0.39 is 0 Å². The van der Waals surface area contributed by atoms with E-state index in [1.807, 2.05) is 6.07 Å². The lowest BCUT2D eigenvalue weighted by molar-refractivity contribution is 0.454. The number of anilines is 4. The molecule has 2 heteroatoms. The van der Waals surface area contributed by atoms with Crippen molar-refractivity contribution in [2.24, 2.45) is 0 Å². The number of nitrogens with zero attached hydrogens (tertiary/aromatic N) is 1. The van der Waals surface area contributed by atoms with E-state index in [4.69, 9.17) is 0 Å². The van der Waals surface area contributed by atoms with Crippen molar-refractivity contribution in [3.8, 4) is 0 Å². The summed E-state index contributed by atoms with van der Waals surface area (Å²) >= 11 is 0. The Hall–Kier alpha value is -5.08. The van der Waals surface area contributed by atoms with Crippen LogP contribution < -0.4 is 10.2 Å². The maximum Gasteiger partial charge on any atom is 0.0460 e. The molecule has 0 aromatic heterocycles. The van der Waals surface area contributed by atoms with Crippen LogP contribution in [0.25, 0.3) is 0 Å². The number of benzene rings is 6. The second-order valence-electron chi connectivity index (χ2n) is 11.0. The summed E-state index contributed by atoms with van der Waals surface area (Å²) in [6.45, 7) is 0. The molecule has 1 aliphatic rings. The Morgan fingerprint density at radius 1 is 0.476 bits per heavy atom. The van der Waals surface area contributed by atoms with Gasteiger partial charge in [-0.3, -0.25) is 0 Å². The van der Waals surface area contributed by atoms with Crippen LogP contribution in [0.5, 0.6) is 0 Å². The van der Waals surface area contributed by atoms with Crippen LogP contribution in [0, 0.1) is 0 Å². The normalized spacial score (nSPS) is 17.8. The summed E-state index contributed by atoms with van der Waals surface area (Å²) in [4.78, 5) is 2.60. The first-order valence-electron chi connectivity index (χ1n) is 14.8. The van der Waals surface area contributed by atoms with Gasteiger partial charge in [0.05, 0.1) is 0 Å². The fraction of sp³-hybridized carbons (Fsp3) is 0.100. The van der Waals surface area contributed by atoms with Gasteiger partial charge in [0, 0.05) is 40.6 Å². The molecule has 1 N–H and O–H groups in total. The number of fused-ring (bicyclic) bond motifs is 1. The first kappa shape index (κ1) is 25.9. The summed E-state index contributed by atoms with van der Waals surface area (Å²) in [6.07, 6.45) is 0.938. The van der Waals surface area contributed by atoms with E-state index in [0.29, 0.717) is 0 Å². The molecule has 0 spiro atoms. The minimum absolute atomic E-state index is 0.197. The molecule has 0 saturated heterocycles. The predicted molar refractivity (Wildman–Crippen MR) is 176 cm³/mol. The topological polar surface area (TPSA) is 15.3 Å². The quantitative estimate of drug-likeness (QED) is 0.216. The zero-order valence-corrected chi connectivity index (χ0v) is 23.6. The summed E-state index contributed by atoms with van der Waals surface area (Å²) in [6, 6.07) is 61.7. The molecule has 7 rings (SSSR count). The molecule has 0 bridgehead atoms. The van der Waals surface area contributed by atoms with Crippen LogP contribution in [0.4, 0.5) is 22.7 Å². The Kier molecular flexibility index (Phi) is 7.27. The van der Waals surface area contributed by atoms with E-state index in [1.54, 1.807) is 0 Å². The number of hydrogen-bond donors (Lipinski definition) is 1. The second kappa shape index (κ2) is 11.8.